The highest BCUT2D eigenvalue weighted by molar-refractivity contribution is 6.30. The maximum Gasteiger partial charge on any atom is 0.235 e. The number of benzene rings is 1. The molecular weight excluding hydrogens is 324 g/mol. The molecule has 0 radical (unpaired) electrons. The molecule has 0 saturated heterocycles. The minimum Gasteiger partial charge on any atom is -0.321 e. The number of hydrogen-bond donors (Lipinski definition) is 1. The van der Waals surface area contributed by atoms with E-state index < -0.39 is 5.41 Å². The van der Waals surface area contributed by atoms with E-state index in [2.05, 4.69) is 22.3 Å². The van der Waals surface area contributed by atoms with Gasteiger partial charge in [-0.05, 0) is 42.5 Å². The SMILES string of the molecule is CC1CC(C(=O)Nc2cnn3cccnc23)(c2cccc(Cl)c2)C1. The number of nitrogens with zero attached hydrogens (tertiary/aromatic N) is 3. The summed E-state index contributed by atoms with van der Waals surface area (Å²) in [6, 6.07) is 9.39. The van der Waals surface area contributed by atoms with E-state index >= 15 is 0 Å². The molecule has 1 N–H and O–H groups in total. The van der Waals surface area contributed by atoms with Crippen LogP contribution in [-0.4, -0.2) is 20.5 Å². The lowest BCUT2D eigenvalue weighted by Gasteiger charge is -2.45. The number of rotatable bonds is 3. The van der Waals surface area contributed by atoms with E-state index in [0.717, 1.165) is 18.4 Å². The molecule has 2 heterocycles. The second kappa shape index (κ2) is 5.60. The number of halogens is 1. The van der Waals surface area contributed by atoms with Crippen LogP contribution < -0.4 is 5.32 Å². The largest absolute Gasteiger partial charge is 0.321 e. The quantitative estimate of drug-likeness (QED) is 0.791. The molecule has 3 aromatic rings. The molecule has 5 nitrogen and oxygen atoms in total. The van der Waals surface area contributed by atoms with Crippen molar-refractivity contribution in [2.24, 2.45) is 5.92 Å². The Bertz CT molecular complexity index is 914. The Balaban J connectivity index is 1.68. The van der Waals surface area contributed by atoms with E-state index in [4.69, 9.17) is 11.6 Å². The van der Waals surface area contributed by atoms with E-state index in [1.807, 2.05) is 24.3 Å². The highest BCUT2D eigenvalue weighted by atomic mass is 35.5. The summed E-state index contributed by atoms with van der Waals surface area (Å²) in [5, 5.41) is 7.89. The molecule has 0 unspecified atom stereocenters. The van der Waals surface area contributed by atoms with Crippen molar-refractivity contribution in [3.05, 3.63) is 59.5 Å². The summed E-state index contributed by atoms with van der Waals surface area (Å²) in [6.45, 7) is 2.16. The van der Waals surface area contributed by atoms with Gasteiger partial charge in [-0.25, -0.2) is 9.50 Å². The lowest BCUT2D eigenvalue weighted by Crippen LogP contribution is -2.49. The van der Waals surface area contributed by atoms with Crippen LogP contribution in [0.1, 0.15) is 25.3 Å². The number of carbonyl (C=O) groups is 1. The summed E-state index contributed by atoms with van der Waals surface area (Å²) in [5.41, 5.74) is 1.70. The van der Waals surface area contributed by atoms with Crippen LogP contribution in [0.15, 0.2) is 48.9 Å². The lowest BCUT2D eigenvalue weighted by atomic mass is 9.58. The highest BCUT2D eigenvalue weighted by Gasteiger charge is 2.49. The third-order valence-corrected chi connectivity index (χ3v) is 4.97. The molecule has 1 amide bonds. The molecule has 1 aliphatic carbocycles. The first-order valence-corrected chi connectivity index (χ1v) is 8.32. The average molecular weight is 341 g/mol. The molecule has 24 heavy (non-hydrogen) atoms. The van der Waals surface area contributed by atoms with Gasteiger partial charge in [0.25, 0.3) is 0 Å². The van der Waals surface area contributed by atoms with E-state index in [-0.39, 0.29) is 5.91 Å². The minimum absolute atomic E-state index is 0.0246. The van der Waals surface area contributed by atoms with Crippen molar-refractivity contribution in [3.8, 4) is 0 Å². The van der Waals surface area contributed by atoms with Crippen LogP contribution in [-0.2, 0) is 10.2 Å². The predicted molar refractivity (Wildman–Crippen MR) is 93.1 cm³/mol. The maximum atomic E-state index is 13.1. The first kappa shape index (κ1) is 15.1. The summed E-state index contributed by atoms with van der Waals surface area (Å²) in [4.78, 5) is 17.4. The Hall–Kier alpha value is -2.40. The van der Waals surface area contributed by atoms with Gasteiger partial charge in [-0.2, -0.15) is 5.10 Å². The van der Waals surface area contributed by atoms with Gasteiger partial charge in [0, 0.05) is 17.4 Å². The molecule has 1 aromatic carbocycles. The van der Waals surface area contributed by atoms with Crippen LogP contribution in [0, 0.1) is 5.92 Å². The Morgan fingerprint density at radius 3 is 2.96 bits per heavy atom. The van der Waals surface area contributed by atoms with Gasteiger partial charge >= 0.3 is 0 Å². The van der Waals surface area contributed by atoms with Gasteiger partial charge in [0.2, 0.25) is 5.91 Å². The molecule has 0 spiro atoms. The summed E-state index contributed by atoms with van der Waals surface area (Å²) >= 11 is 6.14. The van der Waals surface area contributed by atoms with Crippen molar-refractivity contribution in [1.29, 1.82) is 0 Å². The van der Waals surface area contributed by atoms with Crippen molar-refractivity contribution in [3.63, 3.8) is 0 Å². The van der Waals surface area contributed by atoms with Gasteiger partial charge in [-0.15, -0.1) is 0 Å². The van der Waals surface area contributed by atoms with Crippen LogP contribution in [0.2, 0.25) is 5.02 Å². The normalized spacial score (nSPS) is 23.0. The second-order valence-corrected chi connectivity index (χ2v) is 6.94. The standard InChI is InChI=1S/C18H17ClN4O/c1-12-9-18(10-12,13-4-2-5-14(19)8-13)17(24)22-15-11-21-23-7-3-6-20-16(15)23/h2-8,11-12H,9-10H2,1H3,(H,22,24). The number of carbonyl (C=O) groups excluding carboxylic acids is 1. The van der Waals surface area contributed by atoms with Gasteiger partial charge < -0.3 is 5.32 Å². The fourth-order valence-electron chi connectivity index (χ4n) is 3.63. The predicted octanol–water partition coefficient (Wildman–Crippen LogP) is 3.69. The first-order valence-electron chi connectivity index (χ1n) is 7.94. The topological polar surface area (TPSA) is 59.3 Å². The third-order valence-electron chi connectivity index (χ3n) is 4.73. The van der Waals surface area contributed by atoms with Crippen LogP contribution in [0.5, 0.6) is 0 Å². The molecule has 6 heteroatoms. The van der Waals surface area contributed by atoms with Crippen LogP contribution >= 0.6 is 11.6 Å². The zero-order valence-electron chi connectivity index (χ0n) is 13.2. The number of fused-ring (bicyclic) bond motifs is 1. The molecule has 0 aliphatic heterocycles. The Morgan fingerprint density at radius 1 is 1.38 bits per heavy atom. The van der Waals surface area contributed by atoms with Gasteiger partial charge in [0.05, 0.1) is 11.6 Å². The second-order valence-electron chi connectivity index (χ2n) is 6.51. The molecule has 1 fully saturated rings. The van der Waals surface area contributed by atoms with Crippen molar-refractivity contribution < 1.29 is 4.79 Å². The summed E-state index contributed by atoms with van der Waals surface area (Å²) < 4.78 is 1.64. The molecule has 122 valence electrons. The highest BCUT2D eigenvalue weighted by Crippen LogP contribution is 2.48. The van der Waals surface area contributed by atoms with Crippen molar-refractivity contribution in [2.75, 3.05) is 5.32 Å². The van der Waals surface area contributed by atoms with Crippen LogP contribution in [0.4, 0.5) is 5.69 Å². The maximum absolute atomic E-state index is 13.1. The Kier molecular flexibility index (Phi) is 3.53. The monoisotopic (exact) mass is 340 g/mol. The van der Waals surface area contributed by atoms with E-state index in [1.165, 1.54) is 0 Å². The van der Waals surface area contributed by atoms with Crippen molar-refractivity contribution in [2.45, 2.75) is 25.2 Å². The molecule has 1 saturated carbocycles. The van der Waals surface area contributed by atoms with Crippen molar-refractivity contribution >= 4 is 28.8 Å². The zero-order valence-corrected chi connectivity index (χ0v) is 14.0. The number of nitrogens with one attached hydrogen (secondary N) is 1. The molecule has 0 atom stereocenters. The molecule has 0 bridgehead atoms. The van der Waals surface area contributed by atoms with Crippen LogP contribution in [0.25, 0.3) is 5.65 Å². The molecule has 4 rings (SSSR count). The zero-order chi connectivity index (χ0) is 16.7. The lowest BCUT2D eigenvalue weighted by molar-refractivity contribution is -0.126. The van der Waals surface area contributed by atoms with Crippen LogP contribution in [0.3, 0.4) is 0 Å². The Morgan fingerprint density at radius 2 is 2.21 bits per heavy atom. The van der Waals surface area contributed by atoms with E-state index in [9.17, 15) is 4.79 Å². The fourth-order valence-corrected chi connectivity index (χ4v) is 3.82. The number of anilines is 1. The summed E-state index contributed by atoms with van der Waals surface area (Å²) in [7, 11) is 0. The summed E-state index contributed by atoms with van der Waals surface area (Å²) in [6.07, 6.45) is 6.74. The van der Waals surface area contributed by atoms with Crippen molar-refractivity contribution in [1.82, 2.24) is 14.6 Å². The van der Waals surface area contributed by atoms with E-state index in [0.29, 0.717) is 22.3 Å². The number of aromatic nitrogens is 3. The molecule has 2 aromatic heterocycles. The first-order chi connectivity index (χ1) is 11.6. The number of amides is 1. The van der Waals surface area contributed by atoms with Gasteiger partial charge in [-0.3, -0.25) is 4.79 Å². The van der Waals surface area contributed by atoms with Gasteiger partial charge in [0.1, 0.15) is 5.69 Å². The minimum atomic E-state index is -0.534. The van der Waals surface area contributed by atoms with Gasteiger partial charge in [-0.1, -0.05) is 30.7 Å². The fraction of sp³-hybridized carbons (Fsp3) is 0.278. The van der Waals surface area contributed by atoms with E-state index in [1.54, 1.807) is 29.2 Å². The van der Waals surface area contributed by atoms with Gasteiger partial charge in [0.15, 0.2) is 5.65 Å². The molecule has 1 aliphatic rings. The average Bonchev–Trinajstić information content (AvgIpc) is 2.95. The molecular formula is C18H17ClN4O. The third kappa shape index (κ3) is 2.36. The Labute approximate surface area is 144 Å². The smallest absolute Gasteiger partial charge is 0.235 e. The summed E-state index contributed by atoms with van der Waals surface area (Å²) in [5.74, 6) is 0.486. The number of hydrogen-bond acceptors (Lipinski definition) is 3.